The maximum Gasteiger partial charge on any atom is 0.00424 e. The molecule has 0 spiro atoms. The molecule has 2 unspecified atom stereocenters. The molecule has 0 N–H and O–H groups in total. The van der Waals surface area contributed by atoms with Crippen molar-refractivity contribution in [3.05, 3.63) is 0 Å². The SMILES string of the molecule is CC1CCCCC1S. The van der Waals surface area contributed by atoms with E-state index in [1.165, 1.54) is 25.7 Å². The predicted octanol–water partition coefficient (Wildman–Crippen LogP) is 2.49. The molecule has 1 aliphatic carbocycles. The van der Waals surface area contributed by atoms with E-state index in [4.69, 9.17) is 0 Å². The van der Waals surface area contributed by atoms with Gasteiger partial charge in [0.25, 0.3) is 0 Å². The maximum atomic E-state index is 4.46. The fourth-order valence-corrected chi connectivity index (χ4v) is 1.63. The molecule has 0 amide bonds. The van der Waals surface area contributed by atoms with Crippen LogP contribution in [0.5, 0.6) is 0 Å². The second kappa shape index (κ2) is 2.77. The molecule has 1 saturated carbocycles. The highest BCUT2D eigenvalue weighted by Crippen LogP contribution is 2.27. The number of hydrogen-bond acceptors (Lipinski definition) is 1. The summed E-state index contributed by atoms with van der Waals surface area (Å²) in [5.74, 6) is 0.868. The van der Waals surface area contributed by atoms with Gasteiger partial charge in [-0.2, -0.15) is 12.6 Å². The molecule has 1 aliphatic rings. The van der Waals surface area contributed by atoms with E-state index < -0.39 is 0 Å². The van der Waals surface area contributed by atoms with Crippen LogP contribution >= 0.6 is 12.6 Å². The lowest BCUT2D eigenvalue weighted by Gasteiger charge is -2.23. The summed E-state index contributed by atoms with van der Waals surface area (Å²) in [5, 5.41) is 0.698. The Morgan fingerprint density at radius 3 is 2.25 bits per heavy atom. The van der Waals surface area contributed by atoms with Crippen LogP contribution in [0.3, 0.4) is 0 Å². The second-order valence-electron chi connectivity index (χ2n) is 2.83. The molecule has 1 heteroatoms. The molecular weight excluding hydrogens is 116 g/mol. The van der Waals surface area contributed by atoms with Crippen LogP contribution in [0.2, 0.25) is 0 Å². The highest BCUT2D eigenvalue weighted by atomic mass is 32.1. The molecule has 48 valence electrons. The molecule has 1 rings (SSSR count). The van der Waals surface area contributed by atoms with E-state index in [0.29, 0.717) is 5.25 Å². The van der Waals surface area contributed by atoms with Crippen LogP contribution in [-0.4, -0.2) is 5.25 Å². The van der Waals surface area contributed by atoms with E-state index in [1.54, 1.807) is 0 Å². The van der Waals surface area contributed by atoms with Gasteiger partial charge in [-0.15, -0.1) is 0 Å². The summed E-state index contributed by atoms with van der Waals surface area (Å²) in [6.07, 6.45) is 5.56. The molecule has 0 aromatic rings. The number of thiol groups is 1. The summed E-state index contributed by atoms with van der Waals surface area (Å²) in [6.45, 7) is 2.30. The Morgan fingerprint density at radius 1 is 1.25 bits per heavy atom. The zero-order valence-corrected chi connectivity index (χ0v) is 6.32. The molecule has 0 aromatic heterocycles. The van der Waals surface area contributed by atoms with Gasteiger partial charge in [0.1, 0.15) is 0 Å². The second-order valence-corrected chi connectivity index (χ2v) is 3.49. The fourth-order valence-electron chi connectivity index (χ4n) is 1.30. The van der Waals surface area contributed by atoms with Crippen LogP contribution in [0.1, 0.15) is 32.6 Å². The van der Waals surface area contributed by atoms with Gasteiger partial charge in [-0.25, -0.2) is 0 Å². The zero-order valence-electron chi connectivity index (χ0n) is 5.43. The molecule has 0 heterocycles. The highest BCUT2D eigenvalue weighted by Gasteiger charge is 2.16. The van der Waals surface area contributed by atoms with E-state index in [-0.39, 0.29) is 0 Å². The maximum absolute atomic E-state index is 4.46. The predicted molar refractivity (Wildman–Crippen MR) is 40.4 cm³/mol. The summed E-state index contributed by atoms with van der Waals surface area (Å²) < 4.78 is 0. The van der Waals surface area contributed by atoms with Gasteiger partial charge in [0.2, 0.25) is 0 Å². The van der Waals surface area contributed by atoms with Crippen molar-refractivity contribution in [2.24, 2.45) is 5.92 Å². The molecule has 1 fully saturated rings. The minimum Gasteiger partial charge on any atom is -0.176 e. The average molecular weight is 130 g/mol. The lowest BCUT2D eigenvalue weighted by molar-refractivity contribution is 0.399. The molecule has 0 bridgehead atoms. The summed E-state index contributed by atoms with van der Waals surface area (Å²) in [6, 6.07) is 0. The first-order valence-corrected chi connectivity index (χ1v) is 4.00. The minimum absolute atomic E-state index is 0.698. The fraction of sp³-hybridized carbons (Fsp3) is 1.00. The van der Waals surface area contributed by atoms with Gasteiger partial charge in [0.15, 0.2) is 0 Å². The van der Waals surface area contributed by atoms with Crippen molar-refractivity contribution in [1.29, 1.82) is 0 Å². The quantitative estimate of drug-likeness (QED) is 0.478. The van der Waals surface area contributed by atoms with Gasteiger partial charge in [0, 0.05) is 5.25 Å². The first-order chi connectivity index (χ1) is 3.80. The van der Waals surface area contributed by atoms with Gasteiger partial charge >= 0.3 is 0 Å². The van der Waals surface area contributed by atoms with Crippen LogP contribution in [0.4, 0.5) is 0 Å². The molecule has 0 aliphatic heterocycles. The number of hydrogen-bond donors (Lipinski definition) is 1. The molecule has 0 aromatic carbocycles. The first-order valence-electron chi connectivity index (χ1n) is 3.49. The Bertz CT molecular complexity index is 60.8. The van der Waals surface area contributed by atoms with Crippen molar-refractivity contribution < 1.29 is 0 Å². The number of rotatable bonds is 0. The lowest BCUT2D eigenvalue weighted by Crippen LogP contribution is -2.15. The van der Waals surface area contributed by atoms with Gasteiger partial charge in [-0.1, -0.05) is 19.8 Å². The van der Waals surface area contributed by atoms with Crippen LogP contribution in [0, 0.1) is 5.92 Å². The third kappa shape index (κ3) is 1.41. The summed E-state index contributed by atoms with van der Waals surface area (Å²) in [7, 11) is 0. The van der Waals surface area contributed by atoms with E-state index in [0.717, 1.165) is 5.92 Å². The highest BCUT2D eigenvalue weighted by molar-refractivity contribution is 7.81. The van der Waals surface area contributed by atoms with E-state index in [9.17, 15) is 0 Å². The molecule has 0 nitrogen and oxygen atoms in total. The Hall–Kier alpha value is 0.350. The van der Waals surface area contributed by atoms with Crippen molar-refractivity contribution in [2.45, 2.75) is 37.9 Å². The summed E-state index contributed by atoms with van der Waals surface area (Å²) >= 11 is 4.46. The Morgan fingerprint density at radius 2 is 1.88 bits per heavy atom. The van der Waals surface area contributed by atoms with Crippen LogP contribution in [-0.2, 0) is 0 Å². The monoisotopic (exact) mass is 130 g/mol. The largest absolute Gasteiger partial charge is 0.176 e. The normalized spacial score (nSPS) is 39.8. The average Bonchev–Trinajstić information content (AvgIpc) is 1.77. The smallest absolute Gasteiger partial charge is 0.00424 e. The molecule has 0 radical (unpaired) electrons. The minimum atomic E-state index is 0.698. The van der Waals surface area contributed by atoms with Crippen LogP contribution in [0.25, 0.3) is 0 Å². The molecule has 2 atom stereocenters. The Kier molecular flexibility index (Phi) is 2.24. The van der Waals surface area contributed by atoms with Crippen molar-refractivity contribution >= 4 is 12.6 Å². The Labute approximate surface area is 57.1 Å². The van der Waals surface area contributed by atoms with Gasteiger partial charge in [-0.05, 0) is 18.8 Å². The third-order valence-corrected chi connectivity index (χ3v) is 2.83. The standard InChI is InChI=1S/C7H14S/c1-6-4-2-3-5-7(6)8/h6-8H,2-5H2,1H3. The van der Waals surface area contributed by atoms with Crippen LogP contribution < -0.4 is 0 Å². The van der Waals surface area contributed by atoms with E-state index in [1.807, 2.05) is 0 Å². The van der Waals surface area contributed by atoms with Crippen molar-refractivity contribution in [3.63, 3.8) is 0 Å². The van der Waals surface area contributed by atoms with Crippen LogP contribution in [0.15, 0.2) is 0 Å². The summed E-state index contributed by atoms with van der Waals surface area (Å²) in [4.78, 5) is 0. The van der Waals surface area contributed by atoms with Gasteiger partial charge < -0.3 is 0 Å². The van der Waals surface area contributed by atoms with Gasteiger partial charge in [-0.3, -0.25) is 0 Å². The zero-order chi connectivity index (χ0) is 5.98. The topological polar surface area (TPSA) is 0 Å². The Balaban J connectivity index is 2.28. The van der Waals surface area contributed by atoms with Crippen molar-refractivity contribution in [1.82, 2.24) is 0 Å². The molecule has 0 saturated heterocycles. The van der Waals surface area contributed by atoms with Gasteiger partial charge in [0.05, 0.1) is 0 Å². The van der Waals surface area contributed by atoms with E-state index in [2.05, 4.69) is 19.6 Å². The lowest BCUT2D eigenvalue weighted by atomic mass is 9.90. The third-order valence-electron chi connectivity index (χ3n) is 2.07. The summed E-state index contributed by atoms with van der Waals surface area (Å²) in [5.41, 5.74) is 0. The van der Waals surface area contributed by atoms with Crippen molar-refractivity contribution in [3.8, 4) is 0 Å². The molecular formula is C7H14S. The van der Waals surface area contributed by atoms with E-state index >= 15 is 0 Å². The molecule has 8 heavy (non-hydrogen) atoms. The van der Waals surface area contributed by atoms with Crippen molar-refractivity contribution in [2.75, 3.05) is 0 Å². The first kappa shape index (κ1) is 6.47.